The number of carbonyl (C=O) groups excluding carboxylic acids is 2. The highest BCUT2D eigenvalue weighted by Crippen LogP contribution is 2.22. The van der Waals surface area contributed by atoms with Crippen molar-refractivity contribution in [2.75, 3.05) is 47.5 Å². The van der Waals surface area contributed by atoms with E-state index in [9.17, 15) is 18.0 Å². The van der Waals surface area contributed by atoms with Crippen LogP contribution in [0.5, 0.6) is 0 Å². The Morgan fingerprint density at radius 3 is 2.35 bits per heavy atom. The minimum atomic E-state index is -3.58. The molecule has 0 bridgehead atoms. The van der Waals surface area contributed by atoms with E-state index in [0.29, 0.717) is 18.9 Å². The van der Waals surface area contributed by atoms with Crippen LogP contribution < -0.4 is 20.3 Å². The molecule has 1 aliphatic rings. The van der Waals surface area contributed by atoms with Crippen molar-refractivity contribution in [3.8, 4) is 0 Å². The summed E-state index contributed by atoms with van der Waals surface area (Å²) in [4.78, 5) is 26.4. The molecule has 1 saturated heterocycles. The number of nitrogens with zero attached hydrogens (tertiary/aromatic N) is 1. The fourth-order valence-electron chi connectivity index (χ4n) is 3.23. The first-order valence-electron chi connectivity index (χ1n) is 9.80. The number of rotatable bonds is 7. The van der Waals surface area contributed by atoms with Crippen LogP contribution in [-0.2, 0) is 26.1 Å². The molecule has 0 unspecified atom stereocenters. The number of ether oxygens (including phenoxy) is 1. The smallest absolute Gasteiger partial charge is 0.253 e. The molecule has 0 radical (unpaired) electrons. The minimum Gasteiger partial charge on any atom is -0.378 e. The first-order valence-corrected chi connectivity index (χ1v) is 11.7. The molecule has 2 aromatic rings. The third-order valence-corrected chi connectivity index (χ3v) is 5.24. The van der Waals surface area contributed by atoms with Gasteiger partial charge in [0.25, 0.3) is 5.91 Å². The fraction of sp³-hybridized carbons (Fsp3) is 0.333. The zero-order valence-electron chi connectivity index (χ0n) is 17.5. The number of anilines is 3. The van der Waals surface area contributed by atoms with Gasteiger partial charge in [-0.2, -0.15) is 0 Å². The Morgan fingerprint density at radius 2 is 1.74 bits per heavy atom. The summed E-state index contributed by atoms with van der Waals surface area (Å²) in [5.74, 6) is -0.758. The average molecular weight is 447 g/mol. The lowest BCUT2D eigenvalue weighted by Gasteiger charge is -2.28. The molecular formula is C21H26N4O5S. The predicted molar refractivity (Wildman–Crippen MR) is 120 cm³/mol. The van der Waals surface area contributed by atoms with E-state index in [1.807, 2.05) is 24.3 Å². The lowest BCUT2D eigenvalue weighted by molar-refractivity contribution is -0.114. The van der Waals surface area contributed by atoms with Crippen molar-refractivity contribution in [2.45, 2.75) is 13.5 Å². The molecule has 2 aromatic carbocycles. The lowest BCUT2D eigenvalue weighted by Crippen LogP contribution is -2.36. The van der Waals surface area contributed by atoms with E-state index in [4.69, 9.17) is 4.74 Å². The van der Waals surface area contributed by atoms with Crippen LogP contribution in [0, 0.1) is 0 Å². The second-order valence-electron chi connectivity index (χ2n) is 7.26. The van der Waals surface area contributed by atoms with Gasteiger partial charge in [-0.15, -0.1) is 0 Å². The maximum Gasteiger partial charge on any atom is 0.253 e. The summed E-state index contributed by atoms with van der Waals surface area (Å²) in [5, 5.41) is 5.39. The topological polar surface area (TPSA) is 117 Å². The van der Waals surface area contributed by atoms with Crippen molar-refractivity contribution in [2.24, 2.45) is 0 Å². The van der Waals surface area contributed by atoms with E-state index in [0.717, 1.165) is 30.6 Å². The van der Waals surface area contributed by atoms with Gasteiger partial charge in [-0.3, -0.25) is 14.3 Å². The van der Waals surface area contributed by atoms with Crippen LogP contribution in [0.1, 0.15) is 22.8 Å². The van der Waals surface area contributed by atoms with Gasteiger partial charge in [0.15, 0.2) is 0 Å². The summed E-state index contributed by atoms with van der Waals surface area (Å²) >= 11 is 0. The third-order valence-electron chi connectivity index (χ3n) is 4.65. The molecule has 0 aromatic heterocycles. The van der Waals surface area contributed by atoms with Crippen molar-refractivity contribution in [1.82, 2.24) is 5.32 Å². The molecule has 0 spiro atoms. The number of hydrogen-bond donors (Lipinski definition) is 3. The van der Waals surface area contributed by atoms with Gasteiger partial charge < -0.3 is 20.3 Å². The molecule has 31 heavy (non-hydrogen) atoms. The number of sulfonamides is 1. The van der Waals surface area contributed by atoms with Crippen molar-refractivity contribution < 1.29 is 22.7 Å². The highest BCUT2D eigenvalue weighted by molar-refractivity contribution is 7.92. The molecule has 1 aliphatic heterocycles. The van der Waals surface area contributed by atoms with Crippen molar-refractivity contribution in [3.05, 3.63) is 53.6 Å². The summed E-state index contributed by atoms with van der Waals surface area (Å²) in [5.41, 5.74) is 2.65. The highest BCUT2D eigenvalue weighted by atomic mass is 32.2. The van der Waals surface area contributed by atoms with E-state index < -0.39 is 15.9 Å². The Balaban J connectivity index is 1.71. The number of amides is 2. The van der Waals surface area contributed by atoms with Crippen LogP contribution in [0.25, 0.3) is 0 Å². The average Bonchev–Trinajstić information content (AvgIpc) is 2.73. The van der Waals surface area contributed by atoms with Crippen LogP contribution in [0.2, 0.25) is 0 Å². The van der Waals surface area contributed by atoms with Crippen molar-refractivity contribution in [3.63, 3.8) is 0 Å². The number of benzene rings is 2. The molecule has 9 nitrogen and oxygen atoms in total. The normalized spacial score (nSPS) is 14.1. The van der Waals surface area contributed by atoms with E-state index in [-0.39, 0.29) is 23.7 Å². The quantitative estimate of drug-likeness (QED) is 0.597. The molecule has 166 valence electrons. The maximum absolute atomic E-state index is 12.8. The Bertz CT molecular complexity index is 1050. The van der Waals surface area contributed by atoms with Crippen LogP contribution in [0.15, 0.2) is 42.5 Å². The summed E-state index contributed by atoms with van der Waals surface area (Å²) in [7, 11) is -3.58. The summed E-state index contributed by atoms with van der Waals surface area (Å²) < 4.78 is 31.0. The van der Waals surface area contributed by atoms with E-state index in [1.54, 1.807) is 0 Å². The van der Waals surface area contributed by atoms with Gasteiger partial charge in [0.2, 0.25) is 15.9 Å². The second-order valence-corrected chi connectivity index (χ2v) is 9.01. The number of carbonyl (C=O) groups is 2. The van der Waals surface area contributed by atoms with Gasteiger partial charge in [0.05, 0.1) is 30.7 Å². The molecule has 10 heteroatoms. The first-order chi connectivity index (χ1) is 14.7. The van der Waals surface area contributed by atoms with Crippen LogP contribution in [0.4, 0.5) is 17.1 Å². The standard InChI is InChI=1S/C21H26N4O5S/c1-15(26)23-17-5-8-20(24-31(2,28)29)19(13-17)21(27)22-14-16-3-6-18(7-4-16)25-9-11-30-12-10-25/h3-8,13,24H,9-12,14H2,1-2H3,(H,22,27)(H,23,26). The molecule has 1 heterocycles. The van der Waals surface area contributed by atoms with Crippen molar-refractivity contribution in [1.29, 1.82) is 0 Å². The Kier molecular flexibility index (Phi) is 7.13. The monoisotopic (exact) mass is 446 g/mol. The Morgan fingerprint density at radius 1 is 1.06 bits per heavy atom. The molecule has 0 saturated carbocycles. The van der Waals surface area contributed by atoms with E-state index in [1.165, 1.54) is 25.1 Å². The Hall–Kier alpha value is -3.11. The SMILES string of the molecule is CC(=O)Nc1ccc(NS(C)(=O)=O)c(C(=O)NCc2ccc(N3CCOCC3)cc2)c1. The van der Waals surface area contributed by atoms with Crippen LogP contribution >= 0.6 is 0 Å². The summed E-state index contributed by atoms with van der Waals surface area (Å²) in [6, 6.07) is 12.3. The van der Waals surface area contributed by atoms with Crippen LogP contribution in [-0.4, -0.2) is 52.8 Å². The van der Waals surface area contributed by atoms with Gasteiger partial charge >= 0.3 is 0 Å². The second kappa shape index (κ2) is 9.80. The molecule has 0 atom stereocenters. The minimum absolute atomic E-state index is 0.113. The Labute approximate surface area is 181 Å². The molecule has 3 rings (SSSR count). The first kappa shape index (κ1) is 22.6. The predicted octanol–water partition coefficient (Wildman–Crippen LogP) is 1.78. The van der Waals surface area contributed by atoms with E-state index in [2.05, 4.69) is 20.3 Å². The molecule has 3 N–H and O–H groups in total. The zero-order chi connectivity index (χ0) is 22.4. The van der Waals surface area contributed by atoms with Gasteiger partial charge in [0, 0.05) is 37.9 Å². The summed E-state index contributed by atoms with van der Waals surface area (Å²) in [6.45, 7) is 4.72. The molecular weight excluding hydrogens is 420 g/mol. The van der Waals surface area contributed by atoms with Crippen molar-refractivity contribution >= 4 is 38.9 Å². The number of nitrogens with one attached hydrogen (secondary N) is 3. The van der Waals surface area contributed by atoms with Gasteiger partial charge in [-0.05, 0) is 35.9 Å². The maximum atomic E-state index is 12.8. The number of morpholine rings is 1. The summed E-state index contributed by atoms with van der Waals surface area (Å²) in [6.07, 6.45) is 1.01. The largest absolute Gasteiger partial charge is 0.378 e. The van der Waals surface area contributed by atoms with Crippen LogP contribution in [0.3, 0.4) is 0 Å². The van der Waals surface area contributed by atoms with Gasteiger partial charge in [-0.1, -0.05) is 12.1 Å². The lowest BCUT2D eigenvalue weighted by atomic mass is 10.1. The highest BCUT2D eigenvalue weighted by Gasteiger charge is 2.16. The van der Waals surface area contributed by atoms with E-state index >= 15 is 0 Å². The third kappa shape index (κ3) is 6.69. The molecule has 0 aliphatic carbocycles. The number of hydrogen-bond acceptors (Lipinski definition) is 6. The van der Waals surface area contributed by atoms with Gasteiger partial charge in [-0.25, -0.2) is 8.42 Å². The van der Waals surface area contributed by atoms with Gasteiger partial charge in [0.1, 0.15) is 0 Å². The molecule has 2 amide bonds. The molecule has 1 fully saturated rings. The fourth-order valence-corrected chi connectivity index (χ4v) is 3.80. The zero-order valence-corrected chi connectivity index (χ0v) is 18.3.